The molecule has 0 saturated carbocycles. The highest BCUT2D eigenvalue weighted by Gasteiger charge is 2.03. The molecule has 0 amide bonds. The normalized spacial score (nSPS) is 12.1. The number of rotatable bonds is 5. The molecule has 0 radical (unpaired) electrons. The van der Waals surface area contributed by atoms with Crippen LogP contribution in [-0.4, -0.2) is 29.8 Å². The van der Waals surface area contributed by atoms with Crippen LogP contribution < -0.4 is 10.6 Å². The lowest BCUT2D eigenvalue weighted by atomic mass is 10.4. The maximum Gasteiger partial charge on any atom is 0.166 e. The summed E-state index contributed by atoms with van der Waals surface area (Å²) in [5.74, 6) is 0. The fraction of sp³-hybridized carbons (Fsp3) is 0.556. The van der Waals surface area contributed by atoms with Gasteiger partial charge in [-0.05, 0) is 19.1 Å². The van der Waals surface area contributed by atoms with Gasteiger partial charge in [-0.15, -0.1) is 11.3 Å². The molecule has 4 nitrogen and oxygen atoms in total. The summed E-state index contributed by atoms with van der Waals surface area (Å²) in [5, 5.41) is 8.51. The lowest BCUT2D eigenvalue weighted by Crippen LogP contribution is -2.37. The molecule has 0 fully saturated rings. The first-order chi connectivity index (χ1) is 7.22. The molecule has 2 N–H and O–H groups in total. The number of thiocarbonyl (C=S) groups is 1. The van der Waals surface area contributed by atoms with E-state index >= 15 is 0 Å². The quantitative estimate of drug-likeness (QED) is 0.762. The summed E-state index contributed by atoms with van der Waals surface area (Å²) < 4.78 is 5.58. The molecule has 1 heterocycles. The number of nitrogens with zero attached hydrogens (tertiary/aromatic N) is 1. The third kappa shape index (κ3) is 5.06. The van der Waals surface area contributed by atoms with E-state index in [9.17, 15) is 0 Å². The van der Waals surface area contributed by atoms with Crippen LogP contribution in [0.15, 0.2) is 10.9 Å². The van der Waals surface area contributed by atoms with Crippen LogP contribution in [0.1, 0.15) is 12.6 Å². The molecule has 1 unspecified atom stereocenters. The fourth-order valence-corrected chi connectivity index (χ4v) is 1.55. The summed E-state index contributed by atoms with van der Waals surface area (Å²) >= 11 is 6.52. The van der Waals surface area contributed by atoms with Crippen LogP contribution >= 0.6 is 23.6 Å². The van der Waals surface area contributed by atoms with E-state index in [1.54, 1.807) is 23.9 Å². The highest BCUT2D eigenvalue weighted by molar-refractivity contribution is 7.80. The second-order valence-corrected chi connectivity index (χ2v) is 4.19. The second-order valence-electron chi connectivity index (χ2n) is 3.06. The highest BCUT2D eigenvalue weighted by Crippen LogP contribution is 2.03. The van der Waals surface area contributed by atoms with Crippen molar-refractivity contribution in [2.24, 2.45) is 0 Å². The van der Waals surface area contributed by atoms with E-state index in [2.05, 4.69) is 15.6 Å². The van der Waals surface area contributed by atoms with Crippen molar-refractivity contribution >= 4 is 28.7 Å². The average Bonchev–Trinajstić information content (AvgIpc) is 2.75. The molecule has 0 saturated heterocycles. The van der Waals surface area contributed by atoms with Crippen LogP contribution in [0.2, 0.25) is 0 Å². The van der Waals surface area contributed by atoms with E-state index in [4.69, 9.17) is 17.0 Å². The second kappa shape index (κ2) is 6.71. The molecular weight excluding hydrogens is 230 g/mol. The minimum absolute atomic E-state index is 0.109. The molecule has 1 aromatic rings. The summed E-state index contributed by atoms with van der Waals surface area (Å²) in [6, 6.07) is 0. The van der Waals surface area contributed by atoms with Gasteiger partial charge in [-0.2, -0.15) is 0 Å². The topological polar surface area (TPSA) is 46.2 Å². The van der Waals surface area contributed by atoms with Gasteiger partial charge < -0.3 is 15.4 Å². The van der Waals surface area contributed by atoms with Gasteiger partial charge in [0, 0.05) is 19.0 Å². The summed E-state index contributed by atoms with van der Waals surface area (Å²) in [6.07, 6.45) is 0.109. The summed E-state index contributed by atoms with van der Waals surface area (Å²) in [4.78, 5) is 4.13. The predicted molar refractivity (Wildman–Crippen MR) is 66.0 cm³/mol. The molecule has 0 aliphatic heterocycles. The predicted octanol–water partition coefficient (Wildman–Crippen LogP) is 1.14. The minimum Gasteiger partial charge on any atom is -0.370 e. The molecule has 6 heteroatoms. The molecule has 0 aliphatic rings. The van der Waals surface area contributed by atoms with Crippen molar-refractivity contribution in [3.63, 3.8) is 0 Å². The Morgan fingerprint density at radius 3 is 3.13 bits per heavy atom. The molecular formula is C9H15N3OS2. The molecule has 15 heavy (non-hydrogen) atoms. The van der Waals surface area contributed by atoms with Gasteiger partial charge >= 0.3 is 0 Å². The average molecular weight is 245 g/mol. The highest BCUT2D eigenvalue weighted by atomic mass is 32.1. The van der Waals surface area contributed by atoms with Crippen molar-refractivity contribution in [2.75, 3.05) is 13.6 Å². The molecule has 0 aromatic carbocycles. The molecule has 1 rings (SSSR count). The Hall–Kier alpha value is -0.720. The molecule has 84 valence electrons. The van der Waals surface area contributed by atoms with Crippen LogP contribution in [0.3, 0.4) is 0 Å². The lowest BCUT2D eigenvalue weighted by Gasteiger charge is -2.14. The first-order valence-corrected chi connectivity index (χ1v) is 6.01. The van der Waals surface area contributed by atoms with Crippen LogP contribution in [0.5, 0.6) is 0 Å². The summed E-state index contributed by atoms with van der Waals surface area (Å²) in [5.41, 5.74) is 2.78. The maximum atomic E-state index is 5.58. The Labute approximate surface area is 99.1 Å². The van der Waals surface area contributed by atoms with Crippen LogP contribution in [0.25, 0.3) is 0 Å². The Morgan fingerprint density at radius 1 is 1.73 bits per heavy atom. The monoisotopic (exact) mass is 245 g/mol. The van der Waals surface area contributed by atoms with E-state index in [-0.39, 0.29) is 6.10 Å². The number of nitrogens with one attached hydrogen (secondary N) is 2. The number of thiazole rings is 1. The van der Waals surface area contributed by atoms with Gasteiger partial charge in [0.15, 0.2) is 5.11 Å². The molecule has 0 aliphatic carbocycles. The third-order valence-corrected chi connectivity index (χ3v) is 2.76. The minimum atomic E-state index is 0.109. The van der Waals surface area contributed by atoms with E-state index < -0.39 is 0 Å². The van der Waals surface area contributed by atoms with Gasteiger partial charge in [0.1, 0.15) is 0 Å². The zero-order valence-electron chi connectivity index (χ0n) is 8.82. The van der Waals surface area contributed by atoms with Gasteiger partial charge in [-0.1, -0.05) is 0 Å². The van der Waals surface area contributed by atoms with Gasteiger partial charge in [0.25, 0.3) is 0 Å². The molecule has 0 spiro atoms. The molecule has 1 aromatic heterocycles. The Bertz CT molecular complexity index is 290. The fourth-order valence-electron chi connectivity index (χ4n) is 0.920. The number of hydrogen-bond acceptors (Lipinski definition) is 4. The Balaban J connectivity index is 2.13. The van der Waals surface area contributed by atoms with E-state index in [1.165, 1.54) is 0 Å². The standard InChI is InChI=1S/C9H15N3OS2/c1-7(3-11-9(14)10-2)13-4-8-5-15-6-12-8/h5-7H,3-4H2,1-2H3,(H2,10,11,14). The van der Waals surface area contributed by atoms with Crippen molar-refractivity contribution in [3.8, 4) is 0 Å². The van der Waals surface area contributed by atoms with Gasteiger partial charge in [0.05, 0.1) is 23.9 Å². The van der Waals surface area contributed by atoms with E-state index in [0.29, 0.717) is 18.3 Å². The first kappa shape index (κ1) is 12.4. The smallest absolute Gasteiger partial charge is 0.166 e. The van der Waals surface area contributed by atoms with Crippen LogP contribution in [0.4, 0.5) is 0 Å². The van der Waals surface area contributed by atoms with Crippen molar-refractivity contribution in [2.45, 2.75) is 19.6 Å². The van der Waals surface area contributed by atoms with Gasteiger partial charge in [0.2, 0.25) is 0 Å². The largest absolute Gasteiger partial charge is 0.370 e. The van der Waals surface area contributed by atoms with E-state index in [1.807, 2.05) is 12.3 Å². The zero-order chi connectivity index (χ0) is 11.1. The van der Waals surface area contributed by atoms with Gasteiger partial charge in [-0.25, -0.2) is 4.98 Å². The third-order valence-electron chi connectivity index (χ3n) is 1.78. The first-order valence-electron chi connectivity index (χ1n) is 4.66. The van der Waals surface area contributed by atoms with Crippen LogP contribution in [-0.2, 0) is 11.3 Å². The Morgan fingerprint density at radius 2 is 2.53 bits per heavy atom. The van der Waals surface area contributed by atoms with Crippen molar-refractivity contribution < 1.29 is 4.74 Å². The van der Waals surface area contributed by atoms with Crippen molar-refractivity contribution in [3.05, 3.63) is 16.6 Å². The van der Waals surface area contributed by atoms with Crippen LogP contribution in [0, 0.1) is 0 Å². The van der Waals surface area contributed by atoms with E-state index in [0.717, 1.165) is 5.69 Å². The summed E-state index contributed by atoms with van der Waals surface area (Å²) in [7, 11) is 1.79. The Kier molecular flexibility index (Phi) is 5.52. The molecule has 0 bridgehead atoms. The lowest BCUT2D eigenvalue weighted by molar-refractivity contribution is 0.0544. The molecule has 1 atom stereocenters. The summed E-state index contributed by atoms with van der Waals surface area (Å²) in [6.45, 7) is 3.25. The zero-order valence-corrected chi connectivity index (χ0v) is 10.5. The number of ether oxygens (including phenoxy) is 1. The van der Waals surface area contributed by atoms with Crippen molar-refractivity contribution in [1.29, 1.82) is 0 Å². The number of hydrogen-bond donors (Lipinski definition) is 2. The SMILES string of the molecule is CNC(=S)NCC(C)OCc1cscn1. The van der Waals surface area contributed by atoms with Gasteiger partial charge in [-0.3, -0.25) is 0 Å². The number of aromatic nitrogens is 1. The maximum absolute atomic E-state index is 5.58. The van der Waals surface area contributed by atoms with Crippen molar-refractivity contribution in [1.82, 2.24) is 15.6 Å².